The summed E-state index contributed by atoms with van der Waals surface area (Å²) in [6.07, 6.45) is 2.67. The van der Waals surface area contributed by atoms with Crippen LogP contribution in [0, 0.1) is 12.8 Å². The van der Waals surface area contributed by atoms with Crippen molar-refractivity contribution >= 4 is 11.4 Å². The van der Waals surface area contributed by atoms with E-state index in [1.165, 1.54) is 35.3 Å². The average molecular weight is 280 g/mol. The number of nitrogens with one attached hydrogen (secondary N) is 1. The highest BCUT2D eigenvalue weighted by Crippen LogP contribution is 2.43. The van der Waals surface area contributed by atoms with Crippen molar-refractivity contribution in [2.24, 2.45) is 5.92 Å². The van der Waals surface area contributed by atoms with Gasteiger partial charge in [0, 0.05) is 25.5 Å². The molecule has 110 valence electrons. The standard InChI is InChI=1S/C19H24N2/c1-14-13-17(21(2)3)11-12-18(14)20-19(16-9-10-16)15-7-5-4-6-8-15/h4-8,11-13,16,19-20H,9-10H2,1-3H3. The van der Waals surface area contributed by atoms with Gasteiger partial charge in [-0.15, -0.1) is 0 Å². The van der Waals surface area contributed by atoms with E-state index in [9.17, 15) is 0 Å². The molecule has 0 spiro atoms. The first-order chi connectivity index (χ1) is 10.1. The first-order valence-electron chi connectivity index (χ1n) is 7.74. The third-order valence-corrected chi connectivity index (χ3v) is 4.29. The molecule has 0 heterocycles. The maximum absolute atomic E-state index is 3.77. The third-order valence-electron chi connectivity index (χ3n) is 4.29. The normalized spacial score (nSPS) is 15.6. The van der Waals surface area contributed by atoms with Gasteiger partial charge in [0.2, 0.25) is 0 Å². The summed E-state index contributed by atoms with van der Waals surface area (Å²) in [5, 5.41) is 3.77. The Kier molecular flexibility index (Phi) is 3.87. The van der Waals surface area contributed by atoms with Gasteiger partial charge in [-0.3, -0.25) is 0 Å². The van der Waals surface area contributed by atoms with Crippen LogP contribution in [-0.4, -0.2) is 14.1 Å². The molecular formula is C19H24N2. The van der Waals surface area contributed by atoms with Gasteiger partial charge in [-0.25, -0.2) is 0 Å². The molecule has 1 unspecified atom stereocenters. The van der Waals surface area contributed by atoms with Gasteiger partial charge >= 0.3 is 0 Å². The highest BCUT2D eigenvalue weighted by molar-refractivity contribution is 5.60. The van der Waals surface area contributed by atoms with Gasteiger partial charge < -0.3 is 10.2 Å². The molecule has 1 fully saturated rings. The van der Waals surface area contributed by atoms with Crippen LogP contribution >= 0.6 is 0 Å². The second kappa shape index (κ2) is 5.80. The molecule has 0 saturated heterocycles. The van der Waals surface area contributed by atoms with E-state index in [-0.39, 0.29) is 0 Å². The molecule has 21 heavy (non-hydrogen) atoms. The molecule has 2 aromatic carbocycles. The minimum Gasteiger partial charge on any atom is -0.378 e. The molecule has 1 aliphatic rings. The van der Waals surface area contributed by atoms with Crippen LogP contribution in [0.4, 0.5) is 11.4 Å². The van der Waals surface area contributed by atoms with Crippen LogP contribution in [0.5, 0.6) is 0 Å². The second-order valence-corrected chi connectivity index (χ2v) is 6.26. The summed E-state index contributed by atoms with van der Waals surface area (Å²) in [5.41, 5.74) is 5.21. The van der Waals surface area contributed by atoms with E-state index in [0.717, 1.165) is 5.92 Å². The molecule has 2 nitrogen and oxygen atoms in total. The Morgan fingerprint density at radius 3 is 2.33 bits per heavy atom. The maximum Gasteiger partial charge on any atom is 0.0542 e. The van der Waals surface area contributed by atoms with Gasteiger partial charge in [-0.2, -0.15) is 0 Å². The SMILES string of the molecule is Cc1cc(N(C)C)ccc1NC(c1ccccc1)C1CC1. The summed E-state index contributed by atoms with van der Waals surface area (Å²) in [5.74, 6) is 0.778. The summed E-state index contributed by atoms with van der Waals surface area (Å²) in [6.45, 7) is 2.18. The van der Waals surface area contributed by atoms with Crippen molar-refractivity contribution in [1.82, 2.24) is 0 Å². The lowest BCUT2D eigenvalue weighted by atomic mass is 10.0. The zero-order valence-corrected chi connectivity index (χ0v) is 13.1. The topological polar surface area (TPSA) is 15.3 Å². The second-order valence-electron chi connectivity index (χ2n) is 6.26. The Morgan fingerprint density at radius 1 is 1.05 bits per heavy atom. The molecule has 0 bridgehead atoms. The largest absolute Gasteiger partial charge is 0.378 e. The number of benzene rings is 2. The first kappa shape index (κ1) is 14.0. The number of anilines is 2. The number of nitrogens with zero attached hydrogens (tertiary/aromatic N) is 1. The maximum atomic E-state index is 3.77. The number of rotatable bonds is 5. The lowest BCUT2D eigenvalue weighted by molar-refractivity contribution is 0.678. The van der Waals surface area contributed by atoms with Crippen molar-refractivity contribution in [1.29, 1.82) is 0 Å². The van der Waals surface area contributed by atoms with Crippen molar-refractivity contribution < 1.29 is 0 Å². The highest BCUT2D eigenvalue weighted by Gasteiger charge is 2.32. The van der Waals surface area contributed by atoms with Crippen LogP contribution < -0.4 is 10.2 Å². The zero-order chi connectivity index (χ0) is 14.8. The minimum atomic E-state index is 0.440. The van der Waals surface area contributed by atoms with Gasteiger partial charge in [0.15, 0.2) is 0 Å². The van der Waals surface area contributed by atoms with Crippen molar-refractivity contribution in [3.63, 3.8) is 0 Å². The summed E-state index contributed by atoms with van der Waals surface area (Å²) in [6, 6.07) is 17.9. The Bertz CT molecular complexity index is 600. The fourth-order valence-corrected chi connectivity index (χ4v) is 2.82. The van der Waals surface area contributed by atoms with E-state index in [1.807, 2.05) is 0 Å². The van der Waals surface area contributed by atoms with E-state index in [1.54, 1.807) is 0 Å². The van der Waals surface area contributed by atoms with Crippen LogP contribution in [0.1, 0.15) is 30.0 Å². The molecule has 0 aromatic heterocycles. The lowest BCUT2D eigenvalue weighted by Gasteiger charge is -2.22. The van der Waals surface area contributed by atoms with Crippen LogP contribution in [0.15, 0.2) is 48.5 Å². The molecule has 1 saturated carbocycles. The Balaban J connectivity index is 1.84. The molecule has 2 heteroatoms. The molecule has 0 aliphatic heterocycles. The summed E-state index contributed by atoms with van der Waals surface area (Å²) >= 11 is 0. The van der Waals surface area contributed by atoms with Gasteiger partial charge in [-0.05, 0) is 55.0 Å². The fraction of sp³-hybridized carbons (Fsp3) is 0.368. The van der Waals surface area contributed by atoms with Crippen LogP contribution in [0.2, 0.25) is 0 Å². The molecule has 2 aromatic rings. The molecular weight excluding hydrogens is 256 g/mol. The van der Waals surface area contributed by atoms with Gasteiger partial charge in [0.05, 0.1) is 6.04 Å². The predicted molar refractivity (Wildman–Crippen MR) is 91.0 cm³/mol. The molecule has 1 aliphatic carbocycles. The Hall–Kier alpha value is -1.96. The van der Waals surface area contributed by atoms with E-state index in [0.29, 0.717) is 6.04 Å². The van der Waals surface area contributed by atoms with Crippen LogP contribution in [-0.2, 0) is 0 Å². The molecule has 1 atom stereocenters. The third kappa shape index (κ3) is 3.21. The van der Waals surface area contributed by atoms with Crippen molar-refractivity contribution in [3.8, 4) is 0 Å². The van der Waals surface area contributed by atoms with Gasteiger partial charge in [-0.1, -0.05) is 30.3 Å². The number of aryl methyl sites for hydroxylation is 1. The first-order valence-corrected chi connectivity index (χ1v) is 7.74. The van der Waals surface area contributed by atoms with E-state index >= 15 is 0 Å². The van der Waals surface area contributed by atoms with Gasteiger partial charge in [0.1, 0.15) is 0 Å². The fourth-order valence-electron chi connectivity index (χ4n) is 2.82. The smallest absolute Gasteiger partial charge is 0.0542 e. The van der Waals surface area contributed by atoms with E-state index in [2.05, 4.69) is 79.8 Å². The minimum absolute atomic E-state index is 0.440. The van der Waals surface area contributed by atoms with Crippen molar-refractivity contribution in [2.45, 2.75) is 25.8 Å². The Labute approximate surface area is 127 Å². The zero-order valence-electron chi connectivity index (χ0n) is 13.1. The number of hydrogen-bond acceptors (Lipinski definition) is 2. The summed E-state index contributed by atoms with van der Waals surface area (Å²) < 4.78 is 0. The van der Waals surface area contributed by atoms with E-state index < -0.39 is 0 Å². The molecule has 0 radical (unpaired) electrons. The lowest BCUT2D eigenvalue weighted by Crippen LogP contribution is -2.14. The quantitative estimate of drug-likeness (QED) is 0.859. The van der Waals surface area contributed by atoms with Crippen molar-refractivity contribution in [3.05, 3.63) is 59.7 Å². The Morgan fingerprint density at radius 2 is 1.76 bits per heavy atom. The molecule has 3 rings (SSSR count). The number of hydrogen-bond donors (Lipinski definition) is 1. The highest BCUT2D eigenvalue weighted by atomic mass is 15.1. The monoisotopic (exact) mass is 280 g/mol. The van der Waals surface area contributed by atoms with Gasteiger partial charge in [0.25, 0.3) is 0 Å². The predicted octanol–water partition coefficient (Wildman–Crippen LogP) is 4.62. The molecule has 0 amide bonds. The molecule has 1 N–H and O–H groups in total. The van der Waals surface area contributed by atoms with Crippen molar-refractivity contribution in [2.75, 3.05) is 24.3 Å². The van der Waals surface area contributed by atoms with E-state index in [4.69, 9.17) is 0 Å². The van der Waals surface area contributed by atoms with Crippen LogP contribution in [0.3, 0.4) is 0 Å². The van der Waals surface area contributed by atoms with Crippen LogP contribution in [0.25, 0.3) is 0 Å². The summed E-state index contributed by atoms with van der Waals surface area (Å²) in [7, 11) is 4.16. The average Bonchev–Trinajstić information content (AvgIpc) is 3.31. The summed E-state index contributed by atoms with van der Waals surface area (Å²) in [4.78, 5) is 2.15.